The van der Waals surface area contributed by atoms with Gasteiger partial charge in [0.15, 0.2) is 0 Å². The number of anilines is 2. The first-order chi connectivity index (χ1) is 9.95. The first kappa shape index (κ1) is 15.3. The van der Waals surface area contributed by atoms with Gasteiger partial charge in [-0.05, 0) is 40.2 Å². The largest absolute Gasteiger partial charge is 0.478 e. The fourth-order valence-electron chi connectivity index (χ4n) is 1.50. The summed E-state index contributed by atoms with van der Waals surface area (Å²) in [5.41, 5.74) is 0.740. The van der Waals surface area contributed by atoms with Crippen LogP contribution in [0.4, 0.5) is 16.2 Å². The van der Waals surface area contributed by atoms with Crippen molar-refractivity contribution in [1.29, 1.82) is 0 Å². The van der Waals surface area contributed by atoms with Gasteiger partial charge in [-0.3, -0.25) is 4.98 Å². The van der Waals surface area contributed by atoms with Crippen LogP contribution in [0.5, 0.6) is 0 Å². The fraction of sp³-hybridized carbons (Fsp3) is 0. The van der Waals surface area contributed by atoms with Crippen LogP contribution < -0.4 is 10.6 Å². The third-order valence-corrected chi connectivity index (χ3v) is 3.35. The molecule has 108 valence electrons. The molecule has 3 N–H and O–H groups in total. The van der Waals surface area contributed by atoms with E-state index in [9.17, 15) is 9.59 Å². The van der Waals surface area contributed by atoms with Crippen molar-refractivity contribution in [2.24, 2.45) is 0 Å². The van der Waals surface area contributed by atoms with Crippen molar-refractivity contribution >= 4 is 50.9 Å². The number of rotatable bonds is 3. The number of nitrogens with zero attached hydrogens (tertiary/aromatic N) is 1. The Morgan fingerprint density at radius 1 is 1.19 bits per heavy atom. The second-order valence-corrected chi connectivity index (χ2v) is 5.26. The Hall–Kier alpha value is -2.12. The third kappa shape index (κ3) is 4.17. The summed E-state index contributed by atoms with van der Waals surface area (Å²) >= 11 is 9.13. The first-order valence-electron chi connectivity index (χ1n) is 5.67. The maximum absolute atomic E-state index is 11.9. The maximum atomic E-state index is 11.9. The molecule has 0 aliphatic carbocycles. The Labute approximate surface area is 133 Å². The molecule has 2 aromatic rings. The Kier molecular flexibility index (Phi) is 4.77. The van der Waals surface area contributed by atoms with E-state index in [2.05, 4.69) is 31.5 Å². The highest BCUT2D eigenvalue weighted by atomic mass is 79.9. The molecule has 0 bridgehead atoms. The van der Waals surface area contributed by atoms with Crippen LogP contribution in [-0.4, -0.2) is 22.1 Å². The summed E-state index contributed by atoms with van der Waals surface area (Å²) in [7, 11) is 0. The Bertz CT molecular complexity index is 709. The van der Waals surface area contributed by atoms with Crippen LogP contribution in [0.15, 0.2) is 41.1 Å². The Morgan fingerprint density at radius 2 is 1.95 bits per heavy atom. The molecule has 21 heavy (non-hydrogen) atoms. The number of urea groups is 1. The van der Waals surface area contributed by atoms with Gasteiger partial charge >= 0.3 is 12.0 Å². The molecule has 0 atom stereocenters. The van der Waals surface area contributed by atoms with Gasteiger partial charge in [-0.1, -0.05) is 11.6 Å². The quantitative estimate of drug-likeness (QED) is 0.765. The van der Waals surface area contributed by atoms with E-state index < -0.39 is 12.0 Å². The average Bonchev–Trinajstić information content (AvgIpc) is 2.43. The Morgan fingerprint density at radius 3 is 2.67 bits per heavy atom. The van der Waals surface area contributed by atoms with Crippen molar-refractivity contribution in [2.45, 2.75) is 0 Å². The number of carbonyl (C=O) groups excluding carboxylic acids is 1. The highest BCUT2D eigenvalue weighted by molar-refractivity contribution is 9.10. The van der Waals surface area contributed by atoms with Gasteiger partial charge in [0.05, 0.1) is 23.1 Å². The van der Waals surface area contributed by atoms with Gasteiger partial charge in [-0.2, -0.15) is 0 Å². The molecular weight excluding hydrogens is 362 g/mol. The van der Waals surface area contributed by atoms with Crippen LogP contribution in [0, 0.1) is 0 Å². The lowest BCUT2D eigenvalue weighted by Crippen LogP contribution is -2.20. The molecule has 0 spiro atoms. The lowest BCUT2D eigenvalue weighted by Gasteiger charge is -2.09. The Balaban J connectivity index is 2.10. The van der Waals surface area contributed by atoms with Gasteiger partial charge in [0.2, 0.25) is 0 Å². The van der Waals surface area contributed by atoms with Crippen LogP contribution in [-0.2, 0) is 0 Å². The molecule has 1 aromatic carbocycles. The van der Waals surface area contributed by atoms with E-state index in [1.54, 1.807) is 18.2 Å². The van der Waals surface area contributed by atoms with Crippen molar-refractivity contribution in [3.05, 3.63) is 51.7 Å². The summed E-state index contributed by atoms with van der Waals surface area (Å²) in [6.07, 6.45) is 2.54. The number of carboxylic acid groups (broad SMARTS) is 1. The van der Waals surface area contributed by atoms with E-state index in [0.717, 1.165) is 0 Å². The number of aromatic nitrogens is 1. The fourth-order valence-corrected chi connectivity index (χ4v) is 2.02. The molecule has 0 fully saturated rings. The molecule has 0 aliphatic heterocycles. The number of aromatic carboxylic acids is 1. The highest BCUT2D eigenvalue weighted by Gasteiger charge is 2.09. The minimum absolute atomic E-state index is 0.0169. The second kappa shape index (κ2) is 6.55. The van der Waals surface area contributed by atoms with Crippen molar-refractivity contribution in [3.8, 4) is 0 Å². The summed E-state index contributed by atoms with van der Waals surface area (Å²) in [5.74, 6) is -1.12. The molecule has 0 radical (unpaired) electrons. The number of hydrogen-bond acceptors (Lipinski definition) is 3. The monoisotopic (exact) mass is 369 g/mol. The van der Waals surface area contributed by atoms with Crippen molar-refractivity contribution in [2.75, 3.05) is 10.6 Å². The molecule has 1 heterocycles. The molecule has 8 heteroatoms. The minimum atomic E-state index is -1.12. The zero-order chi connectivity index (χ0) is 15.4. The molecule has 0 unspecified atom stereocenters. The molecule has 2 amide bonds. The summed E-state index contributed by atoms with van der Waals surface area (Å²) in [6.45, 7) is 0. The number of halogens is 2. The molecule has 1 aromatic heterocycles. The van der Waals surface area contributed by atoms with E-state index in [1.165, 1.54) is 18.5 Å². The zero-order valence-corrected chi connectivity index (χ0v) is 12.8. The van der Waals surface area contributed by atoms with E-state index in [1.807, 2.05) is 0 Å². The second-order valence-electron chi connectivity index (χ2n) is 3.97. The number of carbonyl (C=O) groups is 2. The van der Waals surface area contributed by atoms with Gasteiger partial charge < -0.3 is 15.7 Å². The summed E-state index contributed by atoms with van der Waals surface area (Å²) < 4.78 is 0.666. The van der Waals surface area contributed by atoms with E-state index in [4.69, 9.17) is 16.7 Å². The van der Waals surface area contributed by atoms with Crippen molar-refractivity contribution < 1.29 is 14.7 Å². The number of hydrogen-bond donors (Lipinski definition) is 3. The van der Waals surface area contributed by atoms with Crippen LogP contribution in [0.1, 0.15) is 10.4 Å². The summed E-state index contributed by atoms with van der Waals surface area (Å²) in [5, 5.41) is 14.4. The number of nitrogens with one attached hydrogen (secondary N) is 2. The molecular formula is C13H9BrClN3O3. The predicted octanol–water partition coefficient (Wildman–Crippen LogP) is 3.84. The molecule has 0 aliphatic rings. The van der Waals surface area contributed by atoms with Gasteiger partial charge in [0, 0.05) is 15.7 Å². The van der Waals surface area contributed by atoms with Gasteiger partial charge in [-0.25, -0.2) is 9.59 Å². The van der Waals surface area contributed by atoms with E-state index >= 15 is 0 Å². The highest BCUT2D eigenvalue weighted by Crippen LogP contribution is 2.26. The number of benzene rings is 1. The molecule has 2 rings (SSSR count). The summed E-state index contributed by atoms with van der Waals surface area (Å²) in [4.78, 5) is 26.4. The average molecular weight is 371 g/mol. The lowest BCUT2D eigenvalue weighted by atomic mass is 10.2. The van der Waals surface area contributed by atoms with Crippen LogP contribution in [0.2, 0.25) is 5.02 Å². The van der Waals surface area contributed by atoms with Crippen LogP contribution in [0.25, 0.3) is 0 Å². The number of pyridine rings is 1. The normalized spacial score (nSPS) is 10.0. The maximum Gasteiger partial charge on any atom is 0.337 e. The SMILES string of the molecule is O=C(Nc1cncc(C(=O)O)c1)Nc1cc(Cl)ccc1Br. The van der Waals surface area contributed by atoms with E-state index in [0.29, 0.717) is 15.2 Å². The smallest absolute Gasteiger partial charge is 0.337 e. The first-order valence-corrected chi connectivity index (χ1v) is 6.84. The van der Waals surface area contributed by atoms with Gasteiger partial charge in [0.25, 0.3) is 0 Å². The predicted molar refractivity (Wildman–Crippen MR) is 83.0 cm³/mol. The van der Waals surface area contributed by atoms with Crippen LogP contribution >= 0.6 is 27.5 Å². The lowest BCUT2D eigenvalue weighted by molar-refractivity contribution is 0.0696. The molecule has 0 saturated carbocycles. The van der Waals surface area contributed by atoms with Crippen molar-refractivity contribution in [3.63, 3.8) is 0 Å². The summed E-state index contributed by atoms with van der Waals surface area (Å²) in [6, 6.07) is 5.72. The topological polar surface area (TPSA) is 91.3 Å². The molecule has 6 nitrogen and oxygen atoms in total. The molecule has 0 saturated heterocycles. The zero-order valence-electron chi connectivity index (χ0n) is 10.4. The third-order valence-electron chi connectivity index (χ3n) is 2.42. The minimum Gasteiger partial charge on any atom is -0.478 e. The van der Waals surface area contributed by atoms with Gasteiger partial charge in [-0.15, -0.1) is 0 Å². The standard InChI is InChI=1S/C13H9BrClN3O3/c14-10-2-1-8(15)4-11(10)18-13(21)17-9-3-7(12(19)20)5-16-6-9/h1-6H,(H,19,20)(H2,17,18,21). The van der Waals surface area contributed by atoms with E-state index in [-0.39, 0.29) is 11.3 Å². The number of carboxylic acids is 1. The van der Waals surface area contributed by atoms with Gasteiger partial charge in [0.1, 0.15) is 0 Å². The number of amides is 2. The van der Waals surface area contributed by atoms with Crippen LogP contribution in [0.3, 0.4) is 0 Å². The van der Waals surface area contributed by atoms with Crippen molar-refractivity contribution in [1.82, 2.24) is 4.98 Å².